The summed E-state index contributed by atoms with van der Waals surface area (Å²) in [6.07, 6.45) is 1.25. The van der Waals surface area contributed by atoms with Crippen LogP contribution in [0.15, 0.2) is 20.0 Å². The first kappa shape index (κ1) is 7.47. The molecule has 1 rings (SSSR count). The van der Waals surface area contributed by atoms with Crippen LogP contribution in [0.4, 0.5) is 0 Å². The van der Waals surface area contributed by atoms with Gasteiger partial charge in [-0.15, -0.1) is 0 Å². The van der Waals surface area contributed by atoms with E-state index in [0.717, 1.165) is 0 Å². The Kier molecular flexibility index (Phi) is 2.11. The van der Waals surface area contributed by atoms with Gasteiger partial charge in [0.2, 0.25) is 0 Å². The summed E-state index contributed by atoms with van der Waals surface area (Å²) in [6.45, 7) is 6.69. The monoisotopic (exact) mass is 199 g/mol. The van der Waals surface area contributed by atoms with Crippen LogP contribution in [0.5, 0.6) is 0 Å². The Bertz CT molecular complexity index is 182. The van der Waals surface area contributed by atoms with E-state index in [2.05, 4.69) is 20.8 Å². The summed E-state index contributed by atoms with van der Waals surface area (Å²) < 4.78 is 1.64. The largest absolute Gasteiger partial charge is 1.00 e. The first-order valence-corrected chi connectivity index (χ1v) is 4.44. The van der Waals surface area contributed by atoms with Crippen LogP contribution in [0.1, 0.15) is 30.0 Å². The molecule has 0 radical (unpaired) electrons. The van der Waals surface area contributed by atoms with Gasteiger partial charge in [0, 0.05) is 0 Å². The standard InChI is InChI=1S/C8H11.Zr.2H/c1-6-4-5-7(2)8(6)3;;;/h4H2,1-3H3;;;/q;+2;2*-1. The van der Waals surface area contributed by atoms with Crippen molar-refractivity contribution in [1.82, 2.24) is 0 Å². The van der Waals surface area contributed by atoms with Gasteiger partial charge < -0.3 is 2.85 Å². The fraction of sp³-hybridized carbons (Fsp3) is 0.500. The normalized spacial score (nSPS) is 20.1. The van der Waals surface area contributed by atoms with Gasteiger partial charge in [-0.2, -0.15) is 0 Å². The van der Waals surface area contributed by atoms with E-state index >= 15 is 0 Å². The Morgan fingerprint density at radius 3 is 1.89 bits per heavy atom. The van der Waals surface area contributed by atoms with Crippen LogP contribution in [0, 0.1) is 0 Å². The zero-order valence-electron chi connectivity index (χ0n) is 8.21. The summed E-state index contributed by atoms with van der Waals surface area (Å²) in [7, 11) is 0. The first-order valence-electron chi connectivity index (χ1n) is 3.21. The van der Waals surface area contributed by atoms with Crippen molar-refractivity contribution in [3.63, 3.8) is 0 Å². The van der Waals surface area contributed by atoms with Crippen molar-refractivity contribution < 1.29 is 27.6 Å². The molecule has 0 bridgehead atoms. The van der Waals surface area contributed by atoms with Crippen molar-refractivity contribution in [3.8, 4) is 0 Å². The van der Waals surface area contributed by atoms with E-state index in [1.54, 1.807) is 39.1 Å². The number of hydrogen-bond donors (Lipinski definition) is 0. The van der Waals surface area contributed by atoms with Crippen molar-refractivity contribution in [1.29, 1.82) is 0 Å². The fourth-order valence-electron chi connectivity index (χ4n) is 1.08. The molecule has 0 aromatic carbocycles. The van der Waals surface area contributed by atoms with Gasteiger partial charge in [-0.1, -0.05) is 0 Å². The van der Waals surface area contributed by atoms with Crippen molar-refractivity contribution >= 4 is 0 Å². The van der Waals surface area contributed by atoms with Crippen molar-refractivity contribution in [3.05, 3.63) is 20.0 Å². The Hall–Kier alpha value is 0.363. The molecule has 1 aliphatic carbocycles. The summed E-state index contributed by atoms with van der Waals surface area (Å²) in [5.41, 5.74) is 4.65. The van der Waals surface area contributed by atoms with Crippen LogP contribution in [0.3, 0.4) is 0 Å². The molecular formula is C8H13Zr. The van der Waals surface area contributed by atoms with Crippen LogP contribution in [-0.2, 0) is 24.7 Å². The number of allylic oxidation sites excluding steroid dienone is 4. The molecule has 0 spiro atoms. The minimum Gasteiger partial charge on any atom is -1.00 e. The quantitative estimate of drug-likeness (QED) is 0.564. The van der Waals surface area contributed by atoms with Crippen LogP contribution < -0.4 is 0 Å². The second-order valence-electron chi connectivity index (χ2n) is 2.69. The first-order chi connectivity index (χ1) is 4.13. The Labute approximate surface area is 74.8 Å². The minimum atomic E-state index is 0. The molecule has 0 aliphatic heterocycles. The molecule has 0 saturated carbocycles. The van der Waals surface area contributed by atoms with E-state index in [1.165, 1.54) is 12.0 Å². The van der Waals surface area contributed by atoms with Gasteiger partial charge in [-0.3, -0.25) is 0 Å². The maximum absolute atomic E-state index is 2.23. The predicted molar refractivity (Wildman–Crippen MR) is 37.9 cm³/mol. The van der Waals surface area contributed by atoms with Gasteiger partial charge >= 0.3 is 71.9 Å². The van der Waals surface area contributed by atoms with Gasteiger partial charge in [0.15, 0.2) is 0 Å². The molecule has 0 unspecified atom stereocenters. The van der Waals surface area contributed by atoms with E-state index in [-0.39, 0.29) is 2.85 Å². The van der Waals surface area contributed by atoms with E-state index < -0.39 is 0 Å². The van der Waals surface area contributed by atoms with Crippen molar-refractivity contribution in [2.45, 2.75) is 27.2 Å². The van der Waals surface area contributed by atoms with Gasteiger partial charge in [0.25, 0.3) is 0 Å². The van der Waals surface area contributed by atoms with Gasteiger partial charge in [-0.25, -0.2) is 0 Å². The molecule has 9 heavy (non-hydrogen) atoms. The fourth-order valence-corrected chi connectivity index (χ4v) is 2.19. The summed E-state index contributed by atoms with van der Waals surface area (Å²) in [5.74, 6) is 0. The van der Waals surface area contributed by atoms with Gasteiger partial charge in [-0.05, 0) is 0 Å². The molecule has 0 saturated heterocycles. The number of hydrogen-bond acceptors (Lipinski definition) is 0. The molecule has 1 heteroatoms. The van der Waals surface area contributed by atoms with Crippen LogP contribution >= 0.6 is 0 Å². The second-order valence-corrected chi connectivity index (χ2v) is 4.17. The Morgan fingerprint density at radius 1 is 1.22 bits per heavy atom. The average molecular weight is 200 g/mol. The van der Waals surface area contributed by atoms with E-state index in [1.807, 2.05) is 0 Å². The van der Waals surface area contributed by atoms with Gasteiger partial charge in [0.05, 0.1) is 0 Å². The topological polar surface area (TPSA) is 0 Å². The van der Waals surface area contributed by atoms with E-state index in [9.17, 15) is 0 Å². The molecule has 0 atom stereocenters. The van der Waals surface area contributed by atoms with E-state index in [0.29, 0.717) is 0 Å². The maximum atomic E-state index is 2.23. The van der Waals surface area contributed by atoms with Crippen LogP contribution in [0.2, 0.25) is 0 Å². The van der Waals surface area contributed by atoms with Crippen molar-refractivity contribution in [2.75, 3.05) is 0 Å². The molecule has 0 amide bonds. The molecule has 0 aromatic heterocycles. The summed E-state index contributed by atoms with van der Waals surface area (Å²) in [6, 6.07) is 0. The summed E-state index contributed by atoms with van der Waals surface area (Å²) >= 11 is 1.59. The summed E-state index contributed by atoms with van der Waals surface area (Å²) in [4.78, 5) is 0. The molecular weight excluding hydrogens is 187 g/mol. The average Bonchev–Trinajstić information content (AvgIpc) is 1.98. The second kappa shape index (κ2) is 2.54. The molecule has 1 aliphatic rings. The number of rotatable bonds is 0. The Balaban J connectivity index is 0. The van der Waals surface area contributed by atoms with Gasteiger partial charge in [0.1, 0.15) is 0 Å². The molecule has 0 fully saturated rings. The van der Waals surface area contributed by atoms with Crippen molar-refractivity contribution in [2.24, 2.45) is 0 Å². The Morgan fingerprint density at radius 2 is 1.78 bits per heavy atom. The summed E-state index contributed by atoms with van der Waals surface area (Å²) in [5, 5.41) is 0. The third-order valence-corrected chi connectivity index (χ3v) is 3.45. The minimum absolute atomic E-state index is 0. The van der Waals surface area contributed by atoms with Crippen LogP contribution in [0.25, 0.3) is 0 Å². The van der Waals surface area contributed by atoms with E-state index in [4.69, 9.17) is 0 Å². The smallest absolute Gasteiger partial charge is 1.00 e. The zero-order valence-corrected chi connectivity index (χ0v) is 8.67. The molecule has 49 valence electrons. The maximum Gasteiger partial charge on any atom is -1.00 e. The molecule has 0 nitrogen and oxygen atoms in total. The third kappa shape index (κ3) is 1.26. The molecule has 0 heterocycles. The zero-order chi connectivity index (χ0) is 7.02. The molecule has 0 N–H and O–H groups in total. The predicted octanol–water partition coefficient (Wildman–Crippen LogP) is 2.77. The molecule has 0 aromatic rings. The SMILES string of the molecule is CC1=C(C)C(C)=[C]([Zr+2])C1.[H-].[H-]. The van der Waals surface area contributed by atoms with Crippen LogP contribution in [-0.4, -0.2) is 0 Å². The third-order valence-electron chi connectivity index (χ3n) is 2.10.